The van der Waals surface area contributed by atoms with Gasteiger partial charge in [0.05, 0.1) is 11.4 Å². The number of alkyl halides is 1. The molecule has 1 aliphatic heterocycles. The molecule has 1 aromatic rings. The second kappa shape index (κ2) is 8.11. The van der Waals surface area contributed by atoms with Crippen LogP contribution < -0.4 is 14.8 Å². The molecule has 0 spiro atoms. The zero-order valence-corrected chi connectivity index (χ0v) is 13.1. The third kappa shape index (κ3) is 4.26. The van der Waals surface area contributed by atoms with Crippen LogP contribution in [0.1, 0.15) is 30.9 Å². The van der Waals surface area contributed by atoms with Crippen LogP contribution in [-0.4, -0.2) is 31.7 Å². The normalized spacial score (nSPS) is 15.5. The summed E-state index contributed by atoms with van der Waals surface area (Å²) in [5.74, 6) is 1.80. The minimum Gasteiger partial charge on any atom is -0.491 e. The van der Waals surface area contributed by atoms with Crippen molar-refractivity contribution in [3.63, 3.8) is 0 Å². The lowest BCUT2D eigenvalue weighted by Gasteiger charge is -2.24. The Hall–Kier alpha value is -1.44. The van der Waals surface area contributed by atoms with Crippen molar-refractivity contribution in [3.05, 3.63) is 23.3 Å². The summed E-state index contributed by atoms with van der Waals surface area (Å²) in [4.78, 5) is 0. The zero-order chi connectivity index (χ0) is 15.1. The Morgan fingerprint density at radius 2 is 2.14 bits per heavy atom. The fourth-order valence-electron chi connectivity index (χ4n) is 2.49. The maximum absolute atomic E-state index is 9.34. The Kier molecular flexibility index (Phi) is 6.16. The first-order valence-corrected chi connectivity index (χ1v) is 7.95. The molecule has 0 amide bonds. The average molecular weight is 309 g/mol. The smallest absolute Gasteiger partial charge is 0.140 e. The molecule has 1 fully saturated rings. The van der Waals surface area contributed by atoms with Crippen LogP contribution in [0.15, 0.2) is 12.1 Å². The fourth-order valence-corrected chi connectivity index (χ4v) is 2.57. The molecule has 0 bridgehead atoms. The molecule has 0 radical (unpaired) electrons. The van der Waals surface area contributed by atoms with Gasteiger partial charge < -0.3 is 14.8 Å². The Balaban J connectivity index is 2.20. The van der Waals surface area contributed by atoms with E-state index in [0.29, 0.717) is 23.8 Å². The summed E-state index contributed by atoms with van der Waals surface area (Å²) in [5, 5.41) is 12.7. The SMILES string of the molecule is CCc1cc(OC2CCNCC2)cc(C#N)c1OCCCl. The molecule has 114 valence electrons. The molecule has 2 rings (SSSR count). The summed E-state index contributed by atoms with van der Waals surface area (Å²) in [5.41, 5.74) is 1.51. The zero-order valence-electron chi connectivity index (χ0n) is 12.3. The fraction of sp³-hybridized carbons (Fsp3) is 0.562. The van der Waals surface area contributed by atoms with Crippen molar-refractivity contribution in [1.82, 2.24) is 5.32 Å². The monoisotopic (exact) mass is 308 g/mol. The third-order valence-electron chi connectivity index (χ3n) is 3.55. The number of ether oxygens (including phenoxy) is 2. The highest BCUT2D eigenvalue weighted by Gasteiger charge is 2.17. The van der Waals surface area contributed by atoms with Crippen molar-refractivity contribution >= 4 is 11.6 Å². The van der Waals surface area contributed by atoms with Crippen LogP contribution in [0.3, 0.4) is 0 Å². The summed E-state index contributed by atoms with van der Waals surface area (Å²) in [7, 11) is 0. The standard InChI is InChI=1S/C16H21ClN2O2/c1-2-12-9-15(21-14-3-6-19-7-4-14)10-13(11-18)16(12)20-8-5-17/h9-10,14,19H,2-8H2,1H3. The molecular formula is C16H21ClN2O2. The topological polar surface area (TPSA) is 54.3 Å². The lowest BCUT2D eigenvalue weighted by atomic mass is 10.1. The van der Waals surface area contributed by atoms with Crippen molar-refractivity contribution in [3.8, 4) is 17.6 Å². The Morgan fingerprint density at radius 1 is 1.38 bits per heavy atom. The van der Waals surface area contributed by atoms with Crippen LogP contribution in [0.5, 0.6) is 11.5 Å². The van der Waals surface area contributed by atoms with Crippen molar-refractivity contribution in [2.24, 2.45) is 0 Å². The number of nitriles is 1. The van der Waals surface area contributed by atoms with E-state index in [1.807, 2.05) is 13.0 Å². The molecule has 1 aromatic carbocycles. The van der Waals surface area contributed by atoms with Crippen LogP contribution in [-0.2, 0) is 6.42 Å². The molecule has 0 aromatic heterocycles. The quantitative estimate of drug-likeness (QED) is 0.821. The minimum absolute atomic E-state index is 0.220. The molecule has 1 aliphatic rings. The molecule has 0 aliphatic carbocycles. The molecule has 1 saturated heterocycles. The van der Waals surface area contributed by atoms with Gasteiger partial charge in [0.25, 0.3) is 0 Å². The molecule has 1 heterocycles. The van der Waals surface area contributed by atoms with Gasteiger partial charge in [0.1, 0.15) is 30.3 Å². The number of piperidine rings is 1. The van der Waals surface area contributed by atoms with Crippen LogP contribution >= 0.6 is 11.6 Å². The molecule has 4 nitrogen and oxygen atoms in total. The largest absolute Gasteiger partial charge is 0.491 e. The number of nitrogens with one attached hydrogen (secondary N) is 1. The third-order valence-corrected chi connectivity index (χ3v) is 3.71. The second-order valence-electron chi connectivity index (χ2n) is 5.03. The first kappa shape index (κ1) is 15.9. The number of benzene rings is 1. The Morgan fingerprint density at radius 3 is 2.76 bits per heavy atom. The average Bonchev–Trinajstić information content (AvgIpc) is 2.53. The molecule has 21 heavy (non-hydrogen) atoms. The summed E-state index contributed by atoms with van der Waals surface area (Å²) < 4.78 is 11.7. The van der Waals surface area contributed by atoms with E-state index in [1.54, 1.807) is 6.07 Å². The first-order valence-electron chi connectivity index (χ1n) is 7.41. The highest BCUT2D eigenvalue weighted by atomic mass is 35.5. The molecule has 1 N–H and O–H groups in total. The Bertz CT molecular complexity index is 508. The lowest BCUT2D eigenvalue weighted by molar-refractivity contribution is 0.162. The van der Waals surface area contributed by atoms with Crippen molar-refractivity contribution in [1.29, 1.82) is 5.26 Å². The van der Waals surface area contributed by atoms with E-state index in [4.69, 9.17) is 21.1 Å². The number of rotatable bonds is 6. The van der Waals surface area contributed by atoms with Crippen LogP contribution in [0.2, 0.25) is 0 Å². The lowest BCUT2D eigenvalue weighted by Crippen LogP contribution is -2.34. The summed E-state index contributed by atoms with van der Waals surface area (Å²) >= 11 is 5.66. The predicted molar refractivity (Wildman–Crippen MR) is 83.3 cm³/mol. The predicted octanol–water partition coefficient (Wildman–Crippen LogP) is 2.87. The summed E-state index contributed by atoms with van der Waals surface area (Å²) in [6, 6.07) is 5.94. The van der Waals surface area contributed by atoms with Gasteiger partial charge in [-0.25, -0.2) is 0 Å². The van der Waals surface area contributed by atoms with Gasteiger partial charge in [0.15, 0.2) is 0 Å². The van der Waals surface area contributed by atoms with Crippen molar-refractivity contribution in [2.75, 3.05) is 25.6 Å². The molecule has 0 atom stereocenters. The summed E-state index contributed by atoms with van der Waals surface area (Å²) in [6.45, 7) is 4.40. The summed E-state index contributed by atoms with van der Waals surface area (Å²) in [6.07, 6.45) is 2.99. The molecular weight excluding hydrogens is 288 g/mol. The maximum Gasteiger partial charge on any atom is 0.140 e. The highest BCUT2D eigenvalue weighted by molar-refractivity contribution is 6.18. The number of halogens is 1. The van der Waals surface area contributed by atoms with Crippen molar-refractivity contribution < 1.29 is 9.47 Å². The molecule has 5 heteroatoms. The number of hydrogen-bond donors (Lipinski definition) is 1. The van der Waals surface area contributed by atoms with Gasteiger partial charge in [-0.2, -0.15) is 5.26 Å². The number of nitrogens with zero attached hydrogens (tertiary/aromatic N) is 1. The van der Waals surface area contributed by atoms with Gasteiger partial charge in [0, 0.05) is 6.07 Å². The first-order chi connectivity index (χ1) is 10.3. The van der Waals surface area contributed by atoms with E-state index in [-0.39, 0.29) is 6.10 Å². The van der Waals surface area contributed by atoms with E-state index in [0.717, 1.165) is 43.7 Å². The molecule has 0 unspecified atom stereocenters. The number of hydrogen-bond acceptors (Lipinski definition) is 4. The van der Waals surface area contributed by atoms with E-state index in [1.165, 1.54) is 0 Å². The van der Waals surface area contributed by atoms with E-state index < -0.39 is 0 Å². The van der Waals surface area contributed by atoms with Crippen LogP contribution in [0, 0.1) is 11.3 Å². The van der Waals surface area contributed by atoms with E-state index in [9.17, 15) is 5.26 Å². The molecule has 0 saturated carbocycles. The van der Waals surface area contributed by atoms with Gasteiger partial charge in [-0.15, -0.1) is 11.6 Å². The van der Waals surface area contributed by atoms with Gasteiger partial charge in [-0.1, -0.05) is 6.92 Å². The van der Waals surface area contributed by atoms with Crippen LogP contribution in [0.4, 0.5) is 0 Å². The Labute approximate surface area is 131 Å². The highest BCUT2D eigenvalue weighted by Crippen LogP contribution is 2.31. The van der Waals surface area contributed by atoms with Gasteiger partial charge in [-0.05, 0) is 44.0 Å². The number of aryl methyl sites for hydroxylation is 1. The van der Waals surface area contributed by atoms with Gasteiger partial charge in [-0.3, -0.25) is 0 Å². The van der Waals surface area contributed by atoms with E-state index >= 15 is 0 Å². The van der Waals surface area contributed by atoms with E-state index in [2.05, 4.69) is 11.4 Å². The van der Waals surface area contributed by atoms with Gasteiger partial charge in [0.2, 0.25) is 0 Å². The van der Waals surface area contributed by atoms with Crippen LogP contribution in [0.25, 0.3) is 0 Å². The van der Waals surface area contributed by atoms with Gasteiger partial charge >= 0.3 is 0 Å². The maximum atomic E-state index is 9.34. The minimum atomic E-state index is 0.220. The van der Waals surface area contributed by atoms with Crippen molar-refractivity contribution in [2.45, 2.75) is 32.3 Å². The second-order valence-corrected chi connectivity index (χ2v) is 5.41.